The summed E-state index contributed by atoms with van der Waals surface area (Å²) in [6, 6.07) is 5.87. The Kier molecular flexibility index (Phi) is 4.59. The van der Waals surface area contributed by atoms with Crippen molar-refractivity contribution in [1.29, 1.82) is 0 Å². The summed E-state index contributed by atoms with van der Waals surface area (Å²) in [6.45, 7) is 1.71. The minimum absolute atomic E-state index is 0.105. The quantitative estimate of drug-likeness (QED) is 0.892. The molecule has 4 atom stereocenters. The lowest BCUT2D eigenvalue weighted by atomic mass is 9.68. The molecule has 5 nitrogen and oxygen atoms in total. The van der Waals surface area contributed by atoms with Gasteiger partial charge in [0.2, 0.25) is 0 Å². The van der Waals surface area contributed by atoms with Crippen LogP contribution in [0.15, 0.2) is 18.2 Å². The molecule has 0 aromatic heterocycles. The van der Waals surface area contributed by atoms with E-state index < -0.39 is 0 Å². The number of nitrogens with two attached hydrogens (primary N) is 1. The van der Waals surface area contributed by atoms with E-state index in [9.17, 15) is 4.79 Å². The number of amides is 1. The van der Waals surface area contributed by atoms with Crippen LogP contribution >= 0.6 is 0 Å². The van der Waals surface area contributed by atoms with Crippen molar-refractivity contribution in [3.63, 3.8) is 0 Å². The van der Waals surface area contributed by atoms with E-state index in [1.54, 1.807) is 13.2 Å². The Bertz CT molecular complexity index is 634. The van der Waals surface area contributed by atoms with Gasteiger partial charge in [-0.25, -0.2) is 0 Å². The second kappa shape index (κ2) is 6.87. The van der Waals surface area contributed by atoms with Gasteiger partial charge in [-0.15, -0.1) is 0 Å². The van der Waals surface area contributed by atoms with Gasteiger partial charge in [0.15, 0.2) is 0 Å². The van der Waals surface area contributed by atoms with Crippen molar-refractivity contribution >= 4 is 5.91 Å². The molecule has 2 aliphatic heterocycles. The van der Waals surface area contributed by atoms with E-state index in [0.29, 0.717) is 42.2 Å². The van der Waals surface area contributed by atoms with Gasteiger partial charge in [-0.1, -0.05) is 0 Å². The van der Waals surface area contributed by atoms with Gasteiger partial charge in [0, 0.05) is 25.2 Å². The summed E-state index contributed by atoms with van der Waals surface area (Å²) in [5, 5.41) is 0. The van der Waals surface area contributed by atoms with Crippen LogP contribution < -0.4 is 15.2 Å². The predicted molar refractivity (Wildman–Crippen MR) is 95.9 cm³/mol. The summed E-state index contributed by atoms with van der Waals surface area (Å²) >= 11 is 0. The van der Waals surface area contributed by atoms with Crippen LogP contribution in [0.1, 0.15) is 42.5 Å². The molecule has 1 aromatic rings. The third kappa shape index (κ3) is 3.22. The van der Waals surface area contributed by atoms with Crippen LogP contribution in [-0.2, 0) is 0 Å². The van der Waals surface area contributed by atoms with E-state index in [2.05, 4.69) is 4.90 Å². The van der Waals surface area contributed by atoms with Crippen LogP contribution in [0.25, 0.3) is 0 Å². The molecule has 2 saturated carbocycles. The maximum Gasteiger partial charge on any atom is 0.257 e. The first-order valence-corrected chi connectivity index (χ1v) is 9.49. The van der Waals surface area contributed by atoms with Crippen molar-refractivity contribution < 1.29 is 14.3 Å². The van der Waals surface area contributed by atoms with Gasteiger partial charge in [0.25, 0.3) is 5.91 Å². The highest BCUT2D eigenvalue weighted by Crippen LogP contribution is 2.48. The zero-order valence-electron chi connectivity index (χ0n) is 14.9. The lowest BCUT2D eigenvalue weighted by Crippen LogP contribution is -2.42. The summed E-state index contributed by atoms with van der Waals surface area (Å²) in [4.78, 5) is 15.5. The summed E-state index contributed by atoms with van der Waals surface area (Å²) < 4.78 is 11.0. The SMILES string of the molecule is COc1ccc(C(=O)N2CC3C[C@@H]4CC2C[C@H](C3)C4)c(OCCN)c1. The molecule has 2 saturated heterocycles. The van der Waals surface area contributed by atoms with E-state index in [4.69, 9.17) is 15.2 Å². The van der Waals surface area contributed by atoms with E-state index in [1.165, 1.54) is 32.1 Å². The second-order valence-electron chi connectivity index (χ2n) is 7.89. The highest BCUT2D eigenvalue weighted by molar-refractivity contribution is 5.97. The number of hydrogen-bond acceptors (Lipinski definition) is 4. The number of fused-ring (bicyclic) bond motifs is 1. The lowest BCUT2D eigenvalue weighted by Gasteiger charge is -2.39. The van der Waals surface area contributed by atoms with Gasteiger partial charge >= 0.3 is 0 Å². The number of methoxy groups -OCH3 is 1. The van der Waals surface area contributed by atoms with E-state index in [0.717, 1.165) is 18.4 Å². The molecule has 0 radical (unpaired) electrons. The molecule has 2 N–H and O–H groups in total. The normalized spacial score (nSPS) is 30.2. The molecule has 5 rings (SSSR count). The van der Waals surface area contributed by atoms with Crippen LogP contribution in [-0.4, -0.2) is 43.7 Å². The summed E-state index contributed by atoms with van der Waals surface area (Å²) in [6.07, 6.45) is 6.33. The number of rotatable bonds is 5. The van der Waals surface area contributed by atoms with Crippen LogP contribution in [0.2, 0.25) is 0 Å². The fourth-order valence-electron chi connectivity index (χ4n) is 5.28. The highest BCUT2D eigenvalue weighted by Gasteiger charge is 2.44. The molecule has 5 heteroatoms. The average molecular weight is 344 g/mol. The molecule has 1 amide bonds. The molecular weight excluding hydrogens is 316 g/mol. The Hall–Kier alpha value is -1.75. The van der Waals surface area contributed by atoms with Crippen molar-refractivity contribution in [3.8, 4) is 11.5 Å². The standard InChI is InChI=1S/C20H28N2O3/c1-24-17-2-3-18(19(11-17)25-5-4-21)20(23)22-12-15-7-13-6-14(8-15)10-16(22)9-13/h2-3,11,13-16H,4-10,12,21H2,1H3/t13-,14+,15?,16?. The van der Waals surface area contributed by atoms with Crippen molar-refractivity contribution in [2.75, 3.05) is 26.8 Å². The zero-order valence-corrected chi connectivity index (χ0v) is 14.9. The van der Waals surface area contributed by atoms with Crippen molar-refractivity contribution in [3.05, 3.63) is 23.8 Å². The molecule has 1 aromatic carbocycles. The maximum absolute atomic E-state index is 13.4. The van der Waals surface area contributed by atoms with Gasteiger partial charge in [-0.2, -0.15) is 0 Å². The second-order valence-corrected chi connectivity index (χ2v) is 7.89. The first-order valence-electron chi connectivity index (χ1n) is 9.49. The molecule has 2 heterocycles. The highest BCUT2D eigenvalue weighted by atomic mass is 16.5. The number of carbonyl (C=O) groups excluding carboxylic acids is 1. The van der Waals surface area contributed by atoms with Crippen LogP contribution in [0.5, 0.6) is 11.5 Å². The molecule has 25 heavy (non-hydrogen) atoms. The molecule has 2 unspecified atom stereocenters. The number of carbonyl (C=O) groups is 1. The van der Waals surface area contributed by atoms with Crippen molar-refractivity contribution in [2.45, 2.75) is 38.1 Å². The van der Waals surface area contributed by atoms with Gasteiger partial charge in [-0.05, 0) is 62.0 Å². The van der Waals surface area contributed by atoms with Gasteiger partial charge in [0.05, 0.1) is 12.7 Å². The first kappa shape index (κ1) is 16.7. The lowest BCUT2D eigenvalue weighted by molar-refractivity contribution is 0.0628. The van der Waals surface area contributed by atoms with Crippen molar-refractivity contribution in [2.24, 2.45) is 23.5 Å². The van der Waals surface area contributed by atoms with Crippen molar-refractivity contribution in [1.82, 2.24) is 4.90 Å². The Morgan fingerprint density at radius 2 is 1.88 bits per heavy atom. The Morgan fingerprint density at radius 3 is 2.56 bits per heavy atom. The minimum atomic E-state index is 0.105. The third-order valence-corrected chi connectivity index (χ3v) is 6.16. The monoisotopic (exact) mass is 344 g/mol. The number of nitrogens with zero attached hydrogens (tertiary/aromatic N) is 1. The fourth-order valence-corrected chi connectivity index (χ4v) is 5.28. The number of hydrogen-bond donors (Lipinski definition) is 1. The van der Waals surface area contributed by atoms with Crippen LogP contribution in [0.3, 0.4) is 0 Å². The summed E-state index contributed by atoms with van der Waals surface area (Å²) in [7, 11) is 1.62. The van der Waals surface area contributed by atoms with E-state index in [-0.39, 0.29) is 5.91 Å². The molecule has 4 fully saturated rings. The van der Waals surface area contributed by atoms with E-state index >= 15 is 0 Å². The number of benzene rings is 1. The van der Waals surface area contributed by atoms with E-state index in [1.807, 2.05) is 12.1 Å². The minimum Gasteiger partial charge on any atom is -0.497 e. The maximum atomic E-state index is 13.4. The largest absolute Gasteiger partial charge is 0.497 e. The number of ether oxygens (including phenoxy) is 2. The molecule has 4 aliphatic rings. The zero-order chi connectivity index (χ0) is 17.4. The Labute approximate surface area is 149 Å². The third-order valence-electron chi connectivity index (χ3n) is 6.16. The topological polar surface area (TPSA) is 64.8 Å². The Morgan fingerprint density at radius 1 is 1.16 bits per heavy atom. The molecule has 0 spiro atoms. The molecule has 136 valence electrons. The Balaban J connectivity index is 1.61. The average Bonchev–Trinajstić information content (AvgIpc) is 2.82. The first-order chi connectivity index (χ1) is 12.2. The molecule has 4 bridgehead atoms. The summed E-state index contributed by atoms with van der Waals surface area (Å²) in [5.41, 5.74) is 6.21. The van der Waals surface area contributed by atoms with Gasteiger partial charge < -0.3 is 20.1 Å². The van der Waals surface area contributed by atoms with Gasteiger partial charge in [-0.3, -0.25) is 4.79 Å². The fraction of sp³-hybridized carbons (Fsp3) is 0.650. The van der Waals surface area contributed by atoms with Crippen LogP contribution in [0, 0.1) is 17.8 Å². The smallest absolute Gasteiger partial charge is 0.257 e. The molecular formula is C20H28N2O3. The predicted octanol–water partition coefficient (Wildman–Crippen LogP) is 2.68. The van der Waals surface area contributed by atoms with Gasteiger partial charge in [0.1, 0.15) is 18.1 Å². The molecule has 2 aliphatic carbocycles. The summed E-state index contributed by atoms with van der Waals surface area (Å²) in [5.74, 6) is 3.70. The van der Waals surface area contributed by atoms with Crippen LogP contribution in [0.4, 0.5) is 0 Å².